The molecule has 1 saturated heterocycles. The number of alkyl halides is 3. The van der Waals surface area contributed by atoms with Crippen LogP contribution in [-0.2, 0) is 12.7 Å². The zero-order chi connectivity index (χ0) is 17.5. The summed E-state index contributed by atoms with van der Waals surface area (Å²) in [6.07, 6.45) is -3.04. The first-order valence-electron chi connectivity index (χ1n) is 8.08. The van der Waals surface area contributed by atoms with E-state index in [9.17, 15) is 13.2 Å². The van der Waals surface area contributed by atoms with Gasteiger partial charge in [-0.05, 0) is 19.0 Å². The maximum Gasteiger partial charge on any atom is 0.433 e. The molecular weight excluding hydrogens is 319 g/mol. The van der Waals surface area contributed by atoms with Crippen LogP contribution in [0.1, 0.15) is 25.2 Å². The molecule has 24 heavy (non-hydrogen) atoms. The van der Waals surface area contributed by atoms with Crippen LogP contribution in [0.15, 0.2) is 12.3 Å². The van der Waals surface area contributed by atoms with E-state index in [1.165, 1.54) is 6.20 Å². The predicted octanol–water partition coefficient (Wildman–Crippen LogP) is 2.75. The van der Waals surface area contributed by atoms with Crippen molar-refractivity contribution in [2.75, 3.05) is 26.7 Å². The Kier molecular flexibility index (Phi) is 4.52. The summed E-state index contributed by atoms with van der Waals surface area (Å²) >= 11 is 0. The Hall–Kier alpha value is -1.67. The lowest BCUT2D eigenvalue weighted by Crippen LogP contribution is -2.53. The van der Waals surface area contributed by atoms with Crippen LogP contribution in [-0.4, -0.2) is 57.7 Å². The van der Waals surface area contributed by atoms with E-state index in [1.807, 2.05) is 0 Å². The lowest BCUT2D eigenvalue weighted by molar-refractivity contribution is -0.141. The zero-order valence-corrected chi connectivity index (χ0v) is 14.1. The molecule has 0 radical (unpaired) electrons. The predicted molar refractivity (Wildman–Crippen MR) is 85.4 cm³/mol. The van der Waals surface area contributed by atoms with Gasteiger partial charge in [0.15, 0.2) is 0 Å². The Morgan fingerprint density at radius 1 is 1.33 bits per heavy atom. The van der Waals surface area contributed by atoms with Crippen molar-refractivity contribution in [3.8, 4) is 0 Å². The van der Waals surface area contributed by atoms with E-state index < -0.39 is 11.9 Å². The van der Waals surface area contributed by atoms with Gasteiger partial charge >= 0.3 is 6.18 Å². The Morgan fingerprint density at radius 2 is 2.08 bits per heavy atom. The molecule has 132 valence electrons. The van der Waals surface area contributed by atoms with Crippen LogP contribution in [0.25, 0.3) is 10.9 Å². The van der Waals surface area contributed by atoms with Crippen molar-refractivity contribution in [3.05, 3.63) is 23.7 Å². The minimum atomic E-state index is -4.46. The van der Waals surface area contributed by atoms with Gasteiger partial charge in [-0.15, -0.1) is 0 Å². The van der Waals surface area contributed by atoms with Gasteiger partial charge in [-0.1, -0.05) is 13.8 Å². The first-order chi connectivity index (χ1) is 11.3. The minimum absolute atomic E-state index is 0.290. The van der Waals surface area contributed by atoms with Gasteiger partial charge in [-0.2, -0.15) is 18.3 Å². The number of aromatic amines is 1. The van der Waals surface area contributed by atoms with E-state index in [4.69, 9.17) is 0 Å². The molecule has 0 amide bonds. The van der Waals surface area contributed by atoms with Gasteiger partial charge in [0.25, 0.3) is 0 Å². The fraction of sp³-hybridized carbons (Fsp3) is 0.625. The molecule has 1 atom stereocenters. The molecule has 0 unspecified atom stereocenters. The summed E-state index contributed by atoms with van der Waals surface area (Å²) in [6.45, 7) is 7.29. The molecule has 0 saturated carbocycles. The standard InChI is InChI=1S/C16H22F3N5/c1-10(2)13-9-23(3)4-5-24(13)8-12-15-11(7-20-22-15)6-14(21-12)16(17,18)19/h6-7,10,13H,4-5,8-9H2,1-3H3,(H,20,22)/t13-/m1/s1. The maximum absolute atomic E-state index is 13.1. The number of nitrogens with one attached hydrogen (secondary N) is 1. The van der Waals surface area contributed by atoms with Crippen LogP contribution < -0.4 is 0 Å². The molecule has 3 heterocycles. The van der Waals surface area contributed by atoms with Gasteiger partial charge in [-0.25, -0.2) is 4.98 Å². The number of likely N-dealkylation sites (N-methyl/N-ethyl adjacent to an activating group) is 1. The number of nitrogens with zero attached hydrogens (tertiary/aromatic N) is 4. The molecule has 8 heteroatoms. The van der Waals surface area contributed by atoms with Gasteiger partial charge in [0.05, 0.1) is 17.4 Å². The van der Waals surface area contributed by atoms with Crippen LogP contribution in [0, 0.1) is 5.92 Å². The lowest BCUT2D eigenvalue weighted by atomic mass is 9.99. The van der Waals surface area contributed by atoms with Gasteiger partial charge in [-0.3, -0.25) is 10.00 Å². The van der Waals surface area contributed by atoms with E-state index in [0.29, 0.717) is 29.1 Å². The van der Waals surface area contributed by atoms with E-state index in [2.05, 4.69) is 45.9 Å². The molecule has 2 aromatic rings. The normalized spacial score (nSPS) is 21.0. The summed E-state index contributed by atoms with van der Waals surface area (Å²) < 4.78 is 39.4. The number of pyridine rings is 1. The molecule has 0 bridgehead atoms. The molecule has 1 aliphatic heterocycles. The minimum Gasteiger partial charge on any atom is -0.304 e. The Morgan fingerprint density at radius 3 is 2.75 bits per heavy atom. The molecule has 0 aliphatic carbocycles. The van der Waals surface area contributed by atoms with Crippen LogP contribution in [0.3, 0.4) is 0 Å². The zero-order valence-electron chi connectivity index (χ0n) is 14.1. The van der Waals surface area contributed by atoms with Gasteiger partial charge in [0.2, 0.25) is 0 Å². The molecule has 1 fully saturated rings. The highest BCUT2D eigenvalue weighted by Gasteiger charge is 2.34. The summed E-state index contributed by atoms with van der Waals surface area (Å²) in [6, 6.07) is 1.34. The quantitative estimate of drug-likeness (QED) is 0.933. The highest BCUT2D eigenvalue weighted by Crippen LogP contribution is 2.31. The first-order valence-corrected chi connectivity index (χ1v) is 8.08. The van der Waals surface area contributed by atoms with Crippen LogP contribution in [0.4, 0.5) is 13.2 Å². The summed E-state index contributed by atoms with van der Waals surface area (Å²) in [5.74, 6) is 0.413. The number of hydrogen-bond acceptors (Lipinski definition) is 4. The third-order valence-corrected chi connectivity index (χ3v) is 4.65. The van der Waals surface area contributed by atoms with Crippen molar-refractivity contribution in [3.63, 3.8) is 0 Å². The number of aromatic nitrogens is 3. The summed E-state index contributed by atoms with van der Waals surface area (Å²) in [5, 5.41) is 7.12. The van der Waals surface area contributed by atoms with Crippen molar-refractivity contribution in [2.45, 2.75) is 32.6 Å². The van der Waals surface area contributed by atoms with Crippen molar-refractivity contribution in [1.82, 2.24) is 25.0 Å². The Bertz CT molecular complexity index is 709. The van der Waals surface area contributed by atoms with Crippen molar-refractivity contribution >= 4 is 10.9 Å². The summed E-state index contributed by atoms with van der Waals surface area (Å²) in [5.41, 5.74) is 0.138. The van der Waals surface area contributed by atoms with Crippen molar-refractivity contribution in [2.24, 2.45) is 5.92 Å². The Labute approximate surface area is 138 Å². The molecule has 3 rings (SSSR count). The van der Waals surface area contributed by atoms with Crippen LogP contribution in [0.5, 0.6) is 0 Å². The number of halogens is 3. The average molecular weight is 341 g/mol. The van der Waals surface area contributed by atoms with Crippen molar-refractivity contribution < 1.29 is 13.2 Å². The lowest BCUT2D eigenvalue weighted by Gasteiger charge is -2.42. The SMILES string of the molecule is CC(C)[C@H]1CN(C)CCN1Cc1nc(C(F)(F)F)cc2cn[nH]c12. The fourth-order valence-electron chi connectivity index (χ4n) is 3.29. The highest BCUT2D eigenvalue weighted by atomic mass is 19.4. The number of rotatable bonds is 3. The molecule has 0 aromatic carbocycles. The molecular formula is C16H22F3N5. The topological polar surface area (TPSA) is 48.1 Å². The number of hydrogen-bond donors (Lipinski definition) is 1. The van der Waals surface area contributed by atoms with Crippen LogP contribution in [0.2, 0.25) is 0 Å². The highest BCUT2D eigenvalue weighted by molar-refractivity contribution is 5.80. The van der Waals surface area contributed by atoms with Gasteiger partial charge in [0.1, 0.15) is 5.69 Å². The molecule has 1 aliphatic rings. The summed E-state index contributed by atoms with van der Waals surface area (Å²) in [7, 11) is 2.07. The number of piperazine rings is 1. The second-order valence-electron chi connectivity index (χ2n) is 6.83. The van der Waals surface area contributed by atoms with E-state index in [-0.39, 0.29) is 6.04 Å². The monoisotopic (exact) mass is 341 g/mol. The van der Waals surface area contributed by atoms with Crippen molar-refractivity contribution in [1.29, 1.82) is 0 Å². The van der Waals surface area contributed by atoms with Gasteiger partial charge in [0, 0.05) is 37.6 Å². The second kappa shape index (κ2) is 6.33. The molecule has 1 N–H and O–H groups in total. The maximum atomic E-state index is 13.1. The van der Waals surface area contributed by atoms with Gasteiger partial charge < -0.3 is 4.90 Å². The molecule has 5 nitrogen and oxygen atoms in total. The number of fused-ring (bicyclic) bond motifs is 1. The smallest absolute Gasteiger partial charge is 0.304 e. The van der Waals surface area contributed by atoms with E-state index in [1.54, 1.807) is 0 Å². The van der Waals surface area contributed by atoms with E-state index in [0.717, 1.165) is 25.7 Å². The third-order valence-electron chi connectivity index (χ3n) is 4.65. The fourth-order valence-corrected chi connectivity index (χ4v) is 3.29. The summed E-state index contributed by atoms with van der Waals surface area (Å²) in [4.78, 5) is 8.39. The first kappa shape index (κ1) is 17.2. The largest absolute Gasteiger partial charge is 0.433 e. The third kappa shape index (κ3) is 3.39. The Balaban J connectivity index is 1.95. The second-order valence-corrected chi connectivity index (χ2v) is 6.83. The average Bonchev–Trinajstić information content (AvgIpc) is 2.96. The van der Waals surface area contributed by atoms with Crippen LogP contribution >= 0.6 is 0 Å². The molecule has 2 aromatic heterocycles. The number of H-pyrrole nitrogens is 1. The van der Waals surface area contributed by atoms with E-state index >= 15 is 0 Å². The molecule has 0 spiro atoms.